The average Bonchev–Trinajstić information content (AvgIpc) is 3.44. The van der Waals surface area contributed by atoms with E-state index in [9.17, 15) is 4.79 Å². The predicted molar refractivity (Wildman–Crippen MR) is 125 cm³/mol. The van der Waals surface area contributed by atoms with E-state index in [0.29, 0.717) is 16.7 Å². The van der Waals surface area contributed by atoms with Gasteiger partial charge in [-0.1, -0.05) is 42.1 Å². The summed E-state index contributed by atoms with van der Waals surface area (Å²) in [5, 5.41) is 12.4. The van der Waals surface area contributed by atoms with Gasteiger partial charge in [0, 0.05) is 5.69 Å². The molecule has 0 spiro atoms. The molecule has 32 heavy (non-hydrogen) atoms. The Balaban J connectivity index is 1.56. The van der Waals surface area contributed by atoms with Gasteiger partial charge in [-0.25, -0.2) is 0 Å². The van der Waals surface area contributed by atoms with Gasteiger partial charge in [-0.15, -0.1) is 10.2 Å². The lowest BCUT2D eigenvalue weighted by molar-refractivity contribution is -0.113. The number of carbonyl (C=O) groups excluding carboxylic acids is 1. The molecule has 2 aromatic carbocycles. The predicted octanol–water partition coefficient (Wildman–Crippen LogP) is 5.20. The maximum atomic E-state index is 12.5. The first-order chi connectivity index (χ1) is 15.6. The molecule has 0 aliphatic carbocycles. The maximum Gasteiger partial charge on any atom is 0.234 e. The van der Waals surface area contributed by atoms with Crippen molar-refractivity contribution in [3.05, 3.63) is 78.3 Å². The molecule has 7 nitrogen and oxygen atoms in total. The van der Waals surface area contributed by atoms with Crippen LogP contribution in [0.2, 0.25) is 0 Å². The van der Waals surface area contributed by atoms with Gasteiger partial charge in [0.05, 0.1) is 30.7 Å². The molecule has 164 valence electrons. The van der Waals surface area contributed by atoms with Gasteiger partial charge >= 0.3 is 0 Å². The Bertz CT molecular complexity index is 1190. The number of hydrogen-bond donors (Lipinski definition) is 1. The first kappa shape index (κ1) is 21.7. The molecule has 0 saturated heterocycles. The quantitative estimate of drug-likeness (QED) is 0.373. The first-order valence-corrected chi connectivity index (χ1v) is 11.2. The summed E-state index contributed by atoms with van der Waals surface area (Å²) in [6, 6.07) is 19.2. The smallest absolute Gasteiger partial charge is 0.234 e. The third-order valence-corrected chi connectivity index (χ3v) is 6.08. The number of thioether (sulfide) groups is 1. The van der Waals surface area contributed by atoms with Crippen molar-refractivity contribution >= 4 is 23.4 Å². The number of hydrogen-bond acceptors (Lipinski definition) is 6. The molecule has 1 amide bonds. The van der Waals surface area contributed by atoms with Crippen LogP contribution in [0.3, 0.4) is 0 Å². The fourth-order valence-corrected chi connectivity index (χ4v) is 4.22. The fraction of sp³-hybridized carbons (Fsp3) is 0.208. The van der Waals surface area contributed by atoms with Crippen molar-refractivity contribution in [2.75, 3.05) is 18.2 Å². The van der Waals surface area contributed by atoms with Crippen LogP contribution in [0.1, 0.15) is 24.3 Å². The second-order valence-electron chi connectivity index (χ2n) is 7.22. The van der Waals surface area contributed by atoms with Crippen molar-refractivity contribution < 1.29 is 13.9 Å². The number of rotatable bonds is 8. The highest BCUT2D eigenvalue weighted by atomic mass is 32.2. The zero-order chi connectivity index (χ0) is 22.5. The molecule has 0 fully saturated rings. The second-order valence-corrected chi connectivity index (χ2v) is 8.16. The number of furan rings is 1. The molecule has 0 bridgehead atoms. The van der Waals surface area contributed by atoms with Gasteiger partial charge in [0.1, 0.15) is 11.5 Å². The summed E-state index contributed by atoms with van der Waals surface area (Å²) in [7, 11) is 1.61. The zero-order valence-corrected chi connectivity index (χ0v) is 18.9. The Morgan fingerprint density at radius 2 is 1.88 bits per heavy atom. The Morgan fingerprint density at radius 3 is 2.53 bits per heavy atom. The molecule has 8 heteroatoms. The van der Waals surface area contributed by atoms with Crippen LogP contribution in [0.15, 0.2) is 76.5 Å². The summed E-state index contributed by atoms with van der Waals surface area (Å²) in [5.41, 5.74) is 2.72. The Hall–Kier alpha value is -3.52. The number of anilines is 1. The van der Waals surface area contributed by atoms with E-state index in [2.05, 4.69) is 39.1 Å². The Morgan fingerprint density at radius 1 is 1.12 bits per heavy atom. The SMILES string of the molecule is COc1ccc(NC(=O)CSc2nnc(-c3ccoc3C)n2[C@H](C)c2ccccc2)cc1. The molecular formula is C24H24N4O3S. The van der Waals surface area contributed by atoms with E-state index in [1.807, 2.05) is 31.2 Å². The van der Waals surface area contributed by atoms with E-state index in [4.69, 9.17) is 9.15 Å². The van der Waals surface area contributed by atoms with Crippen LogP contribution in [0.4, 0.5) is 5.69 Å². The van der Waals surface area contributed by atoms with Gasteiger partial charge < -0.3 is 14.5 Å². The van der Waals surface area contributed by atoms with Crippen LogP contribution in [0.25, 0.3) is 11.4 Å². The minimum Gasteiger partial charge on any atom is -0.497 e. The number of ether oxygens (including phenoxy) is 1. The van der Waals surface area contributed by atoms with Crippen LogP contribution < -0.4 is 10.1 Å². The van der Waals surface area contributed by atoms with Gasteiger partial charge in [-0.3, -0.25) is 9.36 Å². The largest absolute Gasteiger partial charge is 0.497 e. The Kier molecular flexibility index (Phi) is 6.61. The number of amides is 1. The molecule has 2 heterocycles. The number of nitrogens with one attached hydrogen (secondary N) is 1. The van der Waals surface area contributed by atoms with Gasteiger partial charge in [0.15, 0.2) is 11.0 Å². The number of aryl methyl sites for hydroxylation is 1. The van der Waals surface area contributed by atoms with E-state index in [-0.39, 0.29) is 17.7 Å². The summed E-state index contributed by atoms with van der Waals surface area (Å²) in [6.45, 7) is 4.00. The Labute approximate surface area is 190 Å². The first-order valence-electron chi connectivity index (χ1n) is 10.2. The monoisotopic (exact) mass is 448 g/mol. The van der Waals surface area contributed by atoms with Crippen molar-refractivity contribution in [2.45, 2.75) is 25.0 Å². The lowest BCUT2D eigenvalue weighted by Crippen LogP contribution is -2.15. The lowest BCUT2D eigenvalue weighted by atomic mass is 10.1. The maximum absolute atomic E-state index is 12.5. The number of carbonyl (C=O) groups is 1. The van der Waals surface area contributed by atoms with E-state index in [1.165, 1.54) is 11.8 Å². The molecule has 1 N–H and O–H groups in total. The molecule has 0 unspecified atom stereocenters. The van der Waals surface area contributed by atoms with Gasteiger partial charge in [-0.05, 0) is 49.7 Å². The number of aromatic nitrogens is 3. The summed E-state index contributed by atoms with van der Waals surface area (Å²) < 4.78 is 12.7. The van der Waals surface area contributed by atoms with E-state index in [0.717, 1.165) is 22.6 Å². The molecular weight excluding hydrogens is 424 g/mol. The summed E-state index contributed by atoms with van der Waals surface area (Å²) in [5.74, 6) is 2.31. The third-order valence-electron chi connectivity index (χ3n) is 5.14. The molecule has 2 aromatic heterocycles. The molecule has 1 atom stereocenters. The van der Waals surface area contributed by atoms with E-state index < -0.39 is 0 Å². The highest BCUT2D eigenvalue weighted by molar-refractivity contribution is 7.99. The highest BCUT2D eigenvalue weighted by Gasteiger charge is 2.23. The van der Waals surface area contributed by atoms with Crippen molar-refractivity contribution in [1.82, 2.24) is 14.8 Å². The zero-order valence-electron chi connectivity index (χ0n) is 18.1. The average molecular weight is 449 g/mol. The minimum atomic E-state index is -0.122. The molecule has 4 rings (SSSR count). The number of methoxy groups -OCH3 is 1. The van der Waals surface area contributed by atoms with Crippen LogP contribution in [-0.2, 0) is 4.79 Å². The highest BCUT2D eigenvalue weighted by Crippen LogP contribution is 2.32. The summed E-state index contributed by atoms with van der Waals surface area (Å²) in [6.07, 6.45) is 1.64. The van der Waals surface area contributed by atoms with Crippen molar-refractivity contribution in [1.29, 1.82) is 0 Å². The second kappa shape index (κ2) is 9.74. The van der Waals surface area contributed by atoms with Gasteiger partial charge in [0.25, 0.3) is 0 Å². The van der Waals surface area contributed by atoms with Gasteiger partial charge in [-0.2, -0.15) is 0 Å². The third kappa shape index (κ3) is 4.70. The van der Waals surface area contributed by atoms with Crippen molar-refractivity contribution in [2.24, 2.45) is 0 Å². The molecule has 0 radical (unpaired) electrons. The molecule has 0 saturated carbocycles. The summed E-state index contributed by atoms with van der Waals surface area (Å²) in [4.78, 5) is 12.5. The minimum absolute atomic E-state index is 0.0253. The number of nitrogens with zero attached hydrogens (tertiary/aromatic N) is 3. The van der Waals surface area contributed by atoms with Crippen LogP contribution >= 0.6 is 11.8 Å². The number of benzene rings is 2. The summed E-state index contributed by atoms with van der Waals surface area (Å²) >= 11 is 1.35. The van der Waals surface area contributed by atoms with E-state index in [1.54, 1.807) is 37.6 Å². The van der Waals surface area contributed by atoms with Crippen LogP contribution in [0.5, 0.6) is 5.75 Å². The van der Waals surface area contributed by atoms with Crippen molar-refractivity contribution in [3.8, 4) is 17.1 Å². The topological polar surface area (TPSA) is 82.2 Å². The molecule has 0 aliphatic heterocycles. The fourth-order valence-electron chi connectivity index (χ4n) is 3.41. The van der Waals surface area contributed by atoms with E-state index >= 15 is 0 Å². The van der Waals surface area contributed by atoms with Gasteiger partial charge in [0.2, 0.25) is 5.91 Å². The lowest BCUT2D eigenvalue weighted by Gasteiger charge is -2.18. The standard InChI is InChI=1S/C24H24N4O3S/c1-16(18-7-5-4-6-8-18)28-23(21-13-14-31-17(21)2)26-27-24(28)32-15-22(29)25-19-9-11-20(30-3)12-10-19/h4-14,16H,15H2,1-3H3,(H,25,29)/t16-/m1/s1. The van der Waals surface area contributed by atoms with Crippen molar-refractivity contribution in [3.63, 3.8) is 0 Å². The molecule has 0 aliphatic rings. The van der Waals surface area contributed by atoms with Crippen LogP contribution in [0, 0.1) is 6.92 Å². The normalized spacial score (nSPS) is 11.8. The molecule has 4 aromatic rings. The van der Waals surface area contributed by atoms with Crippen LogP contribution in [-0.4, -0.2) is 33.5 Å².